The zero-order valence-electron chi connectivity index (χ0n) is 9.58. The maximum absolute atomic E-state index is 12.7. The summed E-state index contributed by atoms with van der Waals surface area (Å²) >= 11 is 0. The summed E-state index contributed by atoms with van der Waals surface area (Å²) in [7, 11) is 0. The van der Waals surface area contributed by atoms with Gasteiger partial charge in [0.2, 0.25) is 0 Å². The van der Waals surface area contributed by atoms with Crippen molar-refractivity contribution >= 4 is 6.09 Å². The zero-order chi connectivity index (χ0) is 13.1. The third-order valence-corrected chi connectivity index (χ3v) is 2.21. The Morgan fingerprint density at radius 2 is 2.24 bits per heavy atom. The number of halogens is 2. The van der Waals surface area contributed by atoms with Gasteiger partial charge in [0.1, 0.15) is 5.69 Å². The summed E-state index contributed by atoms with van der Waals surface area (Å²) in [6, 6.07) is 3.08. The number of carboxylic acid groups (broad SMARTS) is 1. The minimum Gasteiger partial charge on any atom is -0.465 e. The summed E-state index contributed by atoms with van der Waals surface area (Å²) in [6.07, 6.45) is -2.39. The smallest absolute Gasteiger partial charge is 0.405 e. The van der Waals surface area contributed by atoms with Gasteiger partial charge in [-0.3, -0.25) is 4.98 Å². The molecule has 0 aliphatic rings. The first-order chi connectivity index (χ1) is 7.82. The molecule has 0 aliphatic carbocycles. The number of aromatic nitrogens is 1. The standard InChI is InChI=1S/C11H14F2N2O2/c1-11(2,15-10(16)17)6-7-4-3-5-14-8(7)9(12)13/h3-5,9,15H,6H2,1-2H3,(H,16,17). The van der Waals surface area contributed by atoms with E-state index in [-0.39, 0.29) is 12.1 Å². The van der Waals surface area contributed by atoms with Crippen LogP contribution in [0.3, 0.4) is 0 Å². The zero-order valence-corrected chi connectivity index (χ0v) is 9.58. The van der Waals surface area contributed by atoms with Gasteiger partial charge in [0.05, 0.1) is 0 Å². The van der Waals surface area contributed by atoms with Gasteiger partial charge in [-0.25, -0.2) is 13.6 Å². The van der Waals surface area contributed by atoms with Crippen LogP contribution in [0.1, 0.15) is 31.5 Å². The number of hydrogen-bond acceptors (Lipinski definition) is 2. The molecule has 0 fully saturated rings. The van der Waals surface area contributed by atoms with Crippen LogP contribution in [0.25, 0.3) is 0 Å². The summed E-state index contributed by atoms with van der Waals surface area (Å²) in [5.41, 5.74) is -0.771. The summed E-state index contributed by atoms with van der Waals surface area (Å²) in [5.74, 6) is 0. The molecule has 0 aliphatic heterocycles. The molecule has 1 aromatic heterocycles. The van der Waals surface area contributed by atoms with Crippen molar-refractivity contribution in [2.75, 3.05) is 0 Å². The molecular formula is C11H14F2N2O2. The van der Waals surface area contributed by atoms with E-state index in [4.69, 9.17) is 5.11 Å². The van der Waals surface area contributed by atoms with Crippen LogP contribution in [-0.4, -0.2) is 21.7 Å². The lowest BCUT2D eigenvalue weighted by molar-refractivity contribution is 0.144. The third-order valence-electron chi connectivity index (χ3n) is 2.21. The van der Waals surface area contributed by atoms with E-state index < -0.39 is 18.1 Å². The molecule has 0 radical (unpaired) electrons. The summed E-state index contributed by atoms with van der Waals surface area (Å²) in [6.45, 7) is 3.26. The van der Waals surface area contributed by atoms with E-state index in [0.717, 1.165) is 0 Å². The molecule has 17 heavy (non-hydrogen) atoms. The summed E-state index contributed by atoms with van der Waals surface area (Å²) < 4.78 is 25.3. The quantitative estimate of drug-likeness (QED) is 0.855. The Balaban J connectivity index is 2.91. The topological polar surface area (TPSA) is 62.2 Å². The van der Waals surface area contributed by atoms with Gasteiger partial charge in [0.25, 0.3) is 6.43 Å². The highest BCUT2D eigenvalue weighted by atomic mass is 19.3. The molecule has 2 N–H and O–H groups in total. The molecule has 1 rings (SSSR count). The van der Waals surface area contributed by atoms with Crippen molar-refractivity contribution in [1.82, 2.24) is 10.3 Å². The van der Waals surface area contributed by atoms with Crippen LogP contribution < -0.4 is 5.32 Å². The lowest BCUT2D eigenvalue weighted by Crippen LogP contribution is -2.44. The van der Waals surface area contributed by atoms with E-state index in [1.165, 1.54) is 12.3 Å². The second-order valence-corrected chi connectivity index (χ2v) is 4.34. The third kappa shape index (κ3) is 3.97. The van der Waals surface area contributed by atoms with Crippen LogP contribution in [0.5, 0.6) is 0 Å². The highest BCUT2D eigenvalue weighted by molar-refractivity contribution is 5.65. The fraction of sp³-hybridized carbons (Fsp3) is 0.455. The molecule has 0 bridgehead atoms. The van der Waals surface area contributed by atoms with E-state index >= 15 is 0 Å². The number of hydrogen-bond donors (Lipinski definition) is 2. The molecule has 1 heterocycles. The van der Waals surface area contributed by atoms with Crippen molar-refractivity contribution in [1.29, 1.82) is 0 Å². The normalized spacial score (nSPS) is 11.6. The van der Waals surface area contributed by atoms with Crippen LogP contribution in [0.15, 0.2) is 18.3 Å². The van der Waals surface area contributed by atoms with Crippen LogP contribution in [-0.2, 0) is 6.42 Å². The molecular weight excluding hydrogens is 230 g/mol. The van der Waals surface area contributed by atoms with Crippen molar-refractivity contribution in [2.24, 2.45) is 0 Å². The minimum absolute atomic E-state index is 0.160. The maximum atomic E-state index is 12.7. The molecule has 4 nitrogen and oxygen atoms in total. The van der Waals surface area contributed by atoms with Gasteiger partial charge in [0.15, 0.2) is 0 Å². The van der Waals surface area contributed by atoms with Crippen LogP contribution in [0.4, 0.5) is 13.6 Å². The number of amides is 1. The molecule has 1 aromatic rings. The van der Waals surface area contributed by atoms with Crippen LogP contribution in [0, 0.1) is 0 Å². The second kappa shape index (κ2) is 5.07. The fourth-order valence-electron chi connectivity index (χ4n) is 1.61. The Kier molecular flexibility index (Phi) is 3.98. The van der Waals surface area contributed by atoms with E-state index in [1.54, 1.807) is 19.9 Å². The molecule has 0 atom stereocenters. The largest absolute Gasteiger partial charge is 0.465 e. The molecule has 0 unspecified atom stereocenters. The molecule has 1 amide bonds. The van der Waals surface area contributed by atoms with Gasteiger partial charge in [-0.15, -0.1) is 0 Å². The Hall–Kier alpha value is -1.72. The monoisotopic (exact) mass is 244 g/mol. The molecule has 0 saturated carbocycles. The van der Waals surface area contributed by atoms with E-state index in [1.807, 2.05) is 0 Å². The molecule has 0 aromatic carbocycles. The van der Waals surface area contributed by atoms with Gasteiger partial charge in [0, 0.05) is 11.7 Å². The predicted octanol–water partition coefficient (Wildman–Crippen LogP) is 2.61. The highest BCUT2D eigenvalue weighted by Crippen LogP contribution is 2.23. The van der Waals surface area contributed by atoms with Crippen molar-refractivity contribution in [3.05, 3.63) is 29.6 Å². The summed E-state index contributed by atoms with van der Waals surface area (Å²) in [4.78, 5) is 14.2. The van der Waals surface area contributed by atoms with E-state index in [2.05, 4.69) is 10.3 Å². The van der Waals surface area contributed by atoms with Gasteiger partial charge in [-0.1, -0.05) is 6.07 Å². The van der Waals surface area contributed by atoms with E-state index in [9.17, 15) is 13.6 Å². The number of carbonyl (C=O) groups is 1. The van der Waals surface area contributed by atoms with Gasteiger partial charge in [-0.05, 0) is 31.9 Å². The average Bonchev–Trinajstić information content (AvgIpc) is 2.14. The Morgan fingerprint density at radius 1 is 1.59 bits per heavy atom. The van der Waals surface area contributed by atoms with Gasteiger partial charge in [-0.2, -0.15) is 0 Å². The number of nitrogens with one attached hydrogen (secondary N) is 1. The molecule has 94 valence electrons. The Bertz CT molecular complexity index is 408. The maximum Gasteiger partial charge on any atom is 0.405 e. The lowest BCUT2D eigenvalue weighted by atomic mass is 9.94. The van der Waals surface area contributed by atoms with Crippen LogP contribution in [0.2, 0.25) is 0 Å². The first-order valence-corrected chi connectivity index (χ1v) is 5.05. The van der Waals surface area contributed by atoms with Crippen LogP contribution >= 0.6 is 0 Å². The van der Waals surface area contributed by atoms with E-state index in [0.29, 0.717) is 5.56 Å². The van der Waals surface area contributed by atoms with Crippen molar-refractivity contribution in [2.45, 2.75) is 32.2 Å². The average molecular weight is 244 g/mol. The first-order valence-electron chi connectivity index (χ1n) is 5.05. The van der Waals surface area contributed by atoms with Gasteiger partial charge < -0.3 is 10.4 Å². The minimum atomic E-state index is -2.66. The number of nitrogens with zero attached hydrogens (tertiary/aromatic N) is 1. The van der Waals surface area contributed by atoms with Crippen molar-refractivity contribution < 1.29 is 18.7 Å². The van der Waals surface area contributed by atoms with Crippen molar-refractivity contribution in [3.8, 4) is 0 Å². The number of pyridine rings is 1. The lowest BCUT2D eigenvalue weighted by Gasteiger charge is -2.25. The second-order valence-electron chi connectivity index (χ2n) is 4.34. The molecule has 6 heteroatoms. The Labute approximate surface area is 97.7 Å². The molecule has 0 saturated heterocycles. The van der Waals surface area contributed by atoms with Gasteiger partial charge >= 0.3 is 6.09 Å². The SMILES string of the molecule is CC(C)(Cc1cccnc1C(F)F)NC(=O)O. The first kappa shape index (κ1) is 13.3. The number of alkyl halides is 2. The van der Waals surface area contributed by atoms with Crippen molar-refractivity contribution in [3.63, 3.8) is 0 Å². The predicted molar refractivity (Wildman–Crippen MR) is 58.1 cm³/mol. The highest BCUT2D eigenvalue weighted by Gasteiger charge is 2.24. The fourth-order valence-corrected chi connectivity index (χ4v) is 1.61. The molecule has 0 spiro atoms. The summed E-state index contributed by atoms with van der Waals surface area (Å²) in [5, 5.41) is 10.9. The number of rotatable bonds is 4. The Morgan fingerprint density at radius 3 is 2.76 bits per heavy atom.